The zero-order valence-corrected chi connectivity index (χ0v) is 25.8. The zero-order chi connectivity index (χ0) is 28.3. The lowest BCUT2D eigenvalue weighted by molar-refractivity contribution is -0.137. The lowest BCUT2D eigenvalue weighted by atomic mass is 10.0. The quantitative estimate of drug-likeness (QED) is 0.0697. The molecule has 0 aromatic rings. The van der Waals surface area contributed by atoms with Gasteiger partial charge in [-0.1, -0.05) is 139 Å². The molecule has 39 heavy (non-hydrogen) atoms. The third-order valence-corrected chi connectivity index (χ3v) is 7.05. The van der Waals surface area contributed by atoms with E-state index in [4.69, 9.17) is 9.84 Å². The van der Waals surface area contributed by atoms with Crippen molar-refractivity contribution in [1.82, 2.24) is 0 Å². The molecule has 3 heteroatoms. The summed E-state index contributed by atoms with van der Waals surface area (Å²) < 4.78 is 5.81. The summed E-state index contributed by atoms with van der Waals surface area (Å²) in [5, 5.41) is 8.62. The fraction of sp³-hybridized carbons (Fsp3) is 0.750. The van der Waals surface area contributed by atoms with Crippen LogP contribution in [0.3, 0.4) is 0 Å². The van der Waals surface area contributed by atoms with Crippen LogP contribution in [0.5, 0.6) is 0 Å². The molecule has 0 atom stereocenters. The molecule has 0 aromatic carbocycles. The summed E-state index contributed by atoms with van der Waals surface area (Å²) in [7, 11) is 0. The highest BCUT2D eigenvalue weighted by atomic mass is 16.5. The molecule has 0 saturated carbocycles. The first-order valence-corrected chi connectivity index (χ1v) is 16.7. The van der Waals surface area contributed by atoms with E-state index >= 15 is 0 Å². The topological polar surface area (TPSA) is 46.5 Å². The number of hydrogen-bond donors (Lipinski definition) is 1. The molecule has 0 bridgehead atoms. The Morgan fingerprint density at radius 1 is 0.487 bits per heavy atom. The summed E-state index contributed by atoms with van der Waals surface area (Å²) in [6.07, 6.45) is 46.8. The van der Waals surface area contributed by atoms with Crippen molar-refractivity contribution < 1.29 is 14.6 Å². The molecule has 0 radical (unpaired) electrons. The van der Waals surface area contributed by atoms with Gasteiger partial charge >= 0.3 is 5.97 Å². The molecule has 0 aromatic heterocycles. The highest BCUT2D eigenvalue weighted by Gasteiger charge is 1.97. The van der Waals surface area contributed by atoms with E-state index in [-0.39, 0.29) is 0 Å². The summed E-state index contributed by atoms with van der Waals surface area (Å²) in [5.74, 6) is -0.660. The van der Waals surface area contributed by atoms with Crippen LogP contribution in [0.15, 0.2) is 48.6 Å². The van der Waals surface area contributed by atoms with Gasteiger partial charge in [0.25, 0.3) is 0 Å². The molecule has 0 saturated heterocycles. The van der Waals surface area contributed by atoms with E-state index in [1.165, 1.54) is 109 Å². The third-order valence-electron chi connectivity index (χ3n) is 7.05. The molecular formula is C36H64O3. The van der Waals surface area contributed by atoms with Crippen molar-refractivity contribution >= 4 is 5.97 Å². The summed E-state index contributed by atoms with van der Waals surface area (Å²) in [6.45, 7) is 4.09. The van der Waals surface area contributed by atoms with Crippen molar-refractivity contribution in [1.29, 1.82) is 0 Å². The van der Waals surface area contributed by atoms with Crippen LogP contribution in [0.2, 0.25) is 0 Å². The molecule has 0 aliphatic heterocycles. The Hall–Kier alpha value is -1.61. The average molecular weight is 545 g/mol. The van der Waals surface area contributed by atoms with Gasteiger partial charge in [0.1, 0.15) is 0 Å². The lowest BCUT2D eigenvalue weighted by Crippen LogP contribution is -1.97. The molecule has 0 amide bonds. The van der Waals surface area contributed by atoms with Gasteiger partial charge in [0.05, 0.1) is 0 Å². The number of carbonyl (C=O) groups is 1. The number of unbranched alkanes of at least 4 members (excludes halogenated alkanes) is 17. The minimum absolute atomic E-state index is 0.333. The van der Waals surface area contributed by atoms with Gasteiger partial charge in [0, 0.05) is 19.6 Å². The van der Waals surface area contributed by atoms with Gasteiger partial charge in [0.15, 0.2) is 0 Å². The van der Waals surface area contributed by atoms with Gasteiger partial charge in [-0.05, 0) is 64.2 Å². The molecule has 1 N–H and O–H groups in total. The predicted octanol–water partition coefficient (Wildman–Crippen LogP) is 11.7. The van der Waals surface area contributed by atoms with E-state index in [0.29, 0.717) is 6.42 Å². The molecule has 3 nitrogen and oxygen atoms in total. The largest absolute Gasteiger partial charge is 0.481 e. The first-order valence-electron chi connectivity index (χ1n) is 16.7. The number of carboxylic acid groups (broad SMARTS) is 1. The number of aliphatic carboxylic acids is 1. The molecule has 226 valence electrons. The SMILES string of the molecule is CCCCC/C=C\C/C=C\C/C=C\C/C=C\CCCCOCCCCCCCCCCCCCCCC(=O)O. The number of ether oxygens (including phenoxy) is 1. The van der Waals surface area contributed by atoms with Crippen molar-refractivity contribution in [2.45, 2.75) is 161 Å². The third kappa shape index (κ3) is 36.4. The van der Waals surface area contributed by atoms with Crippen molar-refractivity contribution in [3.8, 4) is 0 Å². The lowest BCUT2D eigenvalue weighted by Gasteiger charge is -2.04. The standard InChI is InChI=1S/C36H64O3/c1-2-3-4-5-6-7-8-9-10-11-12-13-16-19-22-25-28-31-34-39-35-32-29-26-23-20-17-14-15-18-21-24-27-30-33-36(37)38/h6-7,9-10,12-13,19,22H,2-5,8,11,14-18,20-21,23-35H2,1H3,(H,37,38)/b7-6-,10-9-,13-12-,22-19-. The Labute approximate surface area is 243 Å². The second kappa shape index (κ2) is 34.4. The van der Waals surface area contributed by atoms with Gasteiger partial charge in [-0.3, -0.25) is 4.79 Å². The molecule has 0 unspecified atom stereocenters. The van der Waals surface area contributed by atoms with Crippen molar-refractivity contribution in [3.05, 3.63) is 48.6 Å². The van der Waals surface area contributed by atoms with Gasteiger partial charge in [-0.15, -0.1) is 0 Å². The normalized spacial score (nSPS) is 12.2. The van der Waals surface area contributed by atoms with Gasteiger partial charge in [0.2, 0.25) is 0 Å². The monoisotopic (exact) mass is 544 g/mol. The van der Waals surface area contributed by atoms with Crippen LogP contribution in [-0.4, -0.2) is 24.3 Å². The van der Waals surface area contributed by atoms with Crippen LogP contribution in [0, 0.1) is 0 Å². The van der Waals surface area contributed by atoms with Gasteiger partial charge < -0.3 is 9.84 Å². The maximum absolute atomic E-state index is 10.5. The average Bonchev–Trinajstić information content (AvgIpc) is 2.93. The van der Waals surface area contributed by atoms with E-state index in [9.17, 15) is 4.79 Å². The zero-order valence-electron chi connectivity index (χ0n) is 25.8. The molecular weight excluding hydrogens is 480 g/mol. The van der Waals surface area contributed by atoms with Crippen LogP contribution < -0.4 is 0 Å². The van der Waals surface area contributed by atoms with Crippen LogP contribution in [0.4, 0.5) is 0 Å². The summed E-state index contributed by atoms with van der Waals surface area (Å²) in [6, 6.07) is 0. The van der Waals surface area contributed by atoms with Gasteiger partial charge in [-0.2, -0.15) is 0 Å². The van der Waals surface area contributed by atoms with E-state index in [0.717, 1.165) is 51.7 Å². The fourth-order valence-electron chi connectivity index (χ4n) is 4.55. The Morgan fingerprint density at radius 3 is 1.28 bits per heavy atom. The molecule has 0 aliphatic carbocycles. The highest BCUT2D eigenvalue weighted by Crippen LogP contribution is 2.13. The van der Waals surface area contributed by atoms with E-state index < -0.39 is 5.97 Å². The predicted molar refractivity (Wildman–Crippen MR) is 171 cm³/mol. The molecule has 0 heterocycles. The molecule has 0 aliphatic rings. The first kappa shape index (κ1) is 37.4. The Bertz CT molecular complexity index is 602. The first-order chi connectivity index (χ1) is 19.3. The van der Waals surface area contributed by atoms with E-state index in [1.54, 1.807) is 0 Å². The summed E-state index contributed by atoms with van der Waals surface area (Å²) in [4.78, 5) is 10.5. The number of rotatable bonds is 31. The van der Waals surface area contributed by atoms with Crippen LogP contribution in [-0.2, 0) is 9.53 Å². The molecule has 0 fully saturated rings. The summed E-state index contributed by atoms with van der Waals surface area (Å²) >= 11 is 0. The maximum atomic E-state index is 10.5. The van der Waals surface area contributed by atoms with E-state index in [1.807, 2.05) is 0 Å². The number of allylic oxidation sites excluding steroid dienone is 8. The molecule has 0 spiro atoms. The smallest absolute Gasteiger partial charge is 0.303 e. The maximum Gasteiger partial charge on any atom is 0.303 e. The minimum Gasteiger partial charge on any atom is -0.481 e. The van der Waals surface area contributed by atoms with Crippen molar-refractivity contribution in [2.75, 3.05) is 13.2 Å². The van der Waals surface area contributed by atoms with Crippen molar-refractivity contribution in [3.63, 3.8) is 0 Å². The fourth-order valence-corrected chi connectivity index (χ4v) is 4.55. The van der Waals surface area contributed by atoms with Gasteiger partial charge in [-0.25, -0.2) is 0 Å². The van der Waals surface area contributed by atoms with E-state index in [2.05, 4.69) is 55.5 Å². The van der Waals surface area contributed by atoms with Crippen LogP contribution in [0.25, 0.3) is 0 Å². The Balaban J connectivity index is 3.21. The second-order valence-corrected chi connectivity index (χ2v) is 10.9. The Kier molecular flexibility index (Phi) is 33.0. The van der Waals surface area contributed by atoms with Crippen LogP contribution >= 0.6 is 0 Å². The summed E-state index contributed by atoms with van der Waals surface area (Å²) in [5.41, 5.74) is 0. The number of hydrogen-bond acceptors (Lipinski definition) is 2. The Morgan fingerprint density at radius 2 is 0.846 bits per heavy atom. The minimum atomic E-state index is -0.660. The van der Waals surface area contributed by atoms with Crippen LogP contribution in [0.1, 0.15) is 161 Å². The highest BCUT2D eigenvalue weighted by molar-refractivity contribution is 5.66. The molecule has 0 rings (SSSR count). The second-order valence-electron chi connectivity index (χ2n) is 10.9. The van der Waals surface area contributed by atoms with Crippen molar-refractivity contribution in [2.24, 2.45) is 0 Å². The number of carboxylic acids is 1.